The van der Waals surface area contributed by atoms with Crippen molar-refractivity contribution in [3.8, 4) is 0 Å². The van der Waals surface area contributed by atoms with Crippen molar-refractivity contribution in [2.75, 3.05) is 46.6 Å². The molecule has 170 valence electrons. The lowest BCUT2D eigenvalue weighted by Gasteiger charge is -2.29. The van der Waals surface area contributed by atoms with Crippen molar-refractivity contribution in [3.05, 3.63) is 0 Å². The Kier molecular flexibility index (Phi) is 17.1. The van der Waals surface area contributed by atoms with E-state index in [4.69, 9.17) is 17.7 Å². The number of hydrogen-bond donors (Lipinski definition) is 0. The predicted molar refractivity (Wildman–Crippen MR) is 125 cm³/mol. The number of nitrogens with zero attached hydrogens (tertiary/aromatic N) is 1. The van der Waals surface area contributed by atoms with Gasteiger partial charge in [0.2, 0.25) is 0 Å². The van der Waals surface area contributed by atoms with Crippen LogP contribution < -0.4 is 0 Å². The first-order valence-electron chi connectivity index (χ1n) is 11.6. The summed E-state index contributed by atoms with van der Waals surface area (Å²) >= 11 is 0. The monoisotopic (exact) mass is 435 g/mol. The summed E-state index contributed by atoms with van der Waals surface area (Å²) in [5, 5.41) is 0. The van der Waals surface area contributed by atoms with Crippen LogP contribution in [0.2, 0.25) is 25.2 Å². The molecule has 5 nitrogen and oxygen atoms in total. The Bertz CT molecular complexity index is 313. The van der Waals surface area contributed by atoms with Crippen molar-refractivity contribution in [2.24, 2.45) is 0 Å². The summed E-state index contributed by atoms with van der Waals surface area (Å²) in [4.78, 5) is 2.43. The van der Waals surface area contributed by atoms with Crippen LogP contribution in [0.15, 0.2) is 0 Å². The molecule has 28 heavy (non-hydrogen) atoms. The van der Waals surface area contributed by atoms with E-state index in [9.17, 15) is 0 Å². The van der Waals surface area contributed by atoms with Crippen molar-refractivity contribution in [2.45, 2.75) is 91.4 Å². The highest BCUT2D eigenvalue weighted by molar-refractivity contribution is 6.66. The second kappa shape index (κ2) is 17.0. The molecule has 0 aliphatic carbocycles. The molecule has 0 unspecified atom stereocenters. The first kappa shape index (κ1) is 28.2. The molecule has 0 saturated heterocycles. The lowest BCUT2D eigenvalue weighted by atomic mass is 10.4. The van der Waals surface area contributed by atoms with Gasteiger partial charge in [0.15, 0.2) is 0 Å². The van der Waals surface area contributed by atoms with Crippen molar-refractivity contribution < 1.29 is 17.7 Å². The van der Waals surface area contributed by atoms with Gasteiger partial charge in [0, 0.05) is 26.4 Å². The summed E-state index contributed by atoms with van der Waals surface area (Å²) in [6.07, 6.45) is 6.50. The van der Waals surface area contributed by atoms with E-state index in [1.54, 1.807) is 0 Å². The van der Waals surface area contributed by atoms with E-state index >= 15 is 0 Å². The summed E-state index contributed by atoms with van der Waals surface area (Å²) in [6.45, 7) is 18.6. The molecule has 0 aliphatic rings. The normalized spacial score (nSPS) is 12.9. The molecule has 0 bridgehead atoms. The fourth-order valence-corrected chi connectivity index (χ4v) is 7.98. The highest BCUT2D eigenvalue weighted by Crippen LogP contribution is 2.19. The summed E-state index contributed by atoms with van der Waals surface area (Å²) in [5.74, 6) is 0. The molecule has 0 aliphatic heterocycles. The first-order valence-corrected chi connectivity index (χ1v) is 16.6. The summed E-state index contributed by atoms with van der Waals surface area (Å²) in [6, 6.07) is 2.14. The Hall–Kier alpha value is 0.234. The van der Waals surface area contributed by atoms with Gasteiger partial charge in [0.05, 0.1) is 0 Å². The molecule has 0 spiro atoms. The third kappa shape index (κ3) is 14.3. The molecule has 0 aromatic heterocycles. The van der Waals surface area contributed by atoms with Gasteiger partial charge < -0.3 is 22.6 Å². The molecule has 0 aromatic rings. The van der Waals surface area contributed by atoms with Gasteiger partial charge in [-0.1, -0.05) is 27.7 Å². The maximum atomic E-state index is 6.13. The third-order valence-corrected chi connectivity index (χ3v) is 10.6. The van der Waals surface area contributed by atoms with Crippen LogP contribution in [-0.2, 0) is 17.7 Å². The van der Waals surface area contributed by atoms with E-state index in [1.807, 2.05) is 0 Å². The maximum absolute atomic E-state index is 6.13. The van der Waals surface area contributed by atoms with Crippen molar-refractivity contribution in [1.29, 1.82) is 0 Å². The zero-order valence-corrected chi connectivity index (χ0v) is 22.0. The van der Waals surface area contributed by atoms with Crippen molar-refractivity contribution in [3.63, 3.8) is 0 Å². The van der Waals surface area contributed by atoms with Gasteiger partial charge in [0.1, 0.15) is 0 Å². The van der Waals surface area contributed by atoms with Crippen LogP contribution in [0.25, 0.3) is 0 Å². The minimum Gasteiger partial charge on any atom is -0.394 e. The molecule has 0 heterocycles. The van der Waals surface area contributed by atoms with Crippen LogP contribution >= 0.6 is 0 Å². The van der Waals surface area contributed by atoms with Crippen LogP contribution in [0.3, 0.4) is 0 Å². The fourth-order valence-electron chi connectivity index (χ4n) is 3.10. The minimum atomic E-state index is -2.01. The molecule has 7 heteroatoms. The average molecular weight is 436 g/mol. The number of hydrogen-bond acceptors (Lipinski definition) is 5. The summed E-state index contributed by atoms with van der Waals surface area (Å²) in [5.41, 5.74) is 0. The lowest BCUT2D eigenvalue weighted by molar-refractivity contribution is 0.170. The highest BCUT2D eigenvalue weighted by Gasteiger charge is 2.32. The molecular weight excluding hydrogens is 386 g/mol. The van der Waals surface area contributed by atoms with Gasteiger partial charge in [-0.3, -0.25) is 0 Å². The SMILES string of the molecule is CCCO[Si](C)(CCCN(C)CCC[Si](C)(OCCC)OCCC)OCCC. The molecule has 0 saturated carbocycles. The van der Waals surface area contributed by atoms with Gasteiger partial charge in [-0.15, -0.1) is 0 Å². The maximum Gasteiger partial charge on any atom is 0.334 e. The van der Waals surface area contributed by atoms with Crippen LogP contribution in [0, 0.1) is 0 Å². The Balaban J connectivity index is 4.24. The summed E-state index contributed by atoms with van der Waals surface area (Å²) in [7, 11) is -1.80. The number of rotatable bonds is 20. The van der Waals surface area contributed by atoms with Gasteiger partial charge in [-0.2, -0.15) is 0 Å². The second-order valence-corrected chi connectivity index (χ2v) is 14.9. The predicted octanol–water partition coefficient (Wildman–Crippen LogP) is 5.55. The minimum absolute atomic E-state index is 0.820. The van der Waals surface area contributed by atoms with Gasteiger partial charge >= 0.3 is 17.1 Å². The second-order valence-electron chi connectivity index (χ2n) is 8.17. The average Bonchev–Trinajstić information content (AvgIpc) is 2.68. The largest absolute Gasteiger partial charge is 0.394 e. The molecule has 0 rings (SSSR count). The molecule has 0 aromatic carbocycles. The highest BCUT2D eigenvalue weighted by atomic mass is 28.4. The van der Waals surface area contributed by atoms with E-state index in [0.717, 1.165) is 90.1 Å². The van der Waals surface area contributed by atoms with E-state index in [0.29, 0.717) is 0 Å². The Morgan fingerprint density at radius 1 is 0.571 bits per heavy atom. The quantitative estimate of drug-likeness (QED) is 0.234. The van der Waals surface area contributed by atoms with Gasteiger partial charge in [-0.25, -0.2) is 0 Å². The topological polar surface area (TPSA) is 40.2 Å². The van der Waals surface area contributed by atoms with Crippen LogP contribution in [0.4, 0.5) is 0 Å². The molecular formula is C21H49NO4Si2. The van der Waals surface area contributed by atoms with Crippen LogP contribution in [-0.4, -0.2) is 68.6 Å². The van der Waals surface area contributed by atoms with E-state index in [-0.39, 0.29) is 0 Å². The van der Waals surface area contributed by atoms with E-state index < -0.39 is 17.1 Å². The zero-order valence-electron chi connectivity index (χ0n) is 20.0. The molecule has 0 N–H and O–H groups in total. The Labute approximate surface area is 178 Å². The first-order chi connectivity index (χ1) is 13.3. The molecule has 0 radical (unpaired) electrons. The summed E-state index contributed by atoms with van der Waals surface area (Å²) < 4.78 is 24.5. The van der Waals surface area contributed by atoms with Crippen LogP contribution in [0.5, 0.6) is 0 Å². The zero-order chi connectivity index (χ0) is 21.3. The lowest BCUT2D eigenvalue weighted by Crippen LogP contribution is -2.40. The third-order valence-electron chi connectivity index (χ3n) is 4.79. The van der Waals surface area contributed by atoms with Crippen LogP contribution in [0.1, 0.15) is 66.2 Å². The fraction of sp³-hybridized carbons (Fsp3) is 1.00. The molecule has 0 amide bonds. The van der Waals surface area contributed by atoms with Gasteiger partial charge in [-0.05, 0) is 83.8 Å². The molecule has 0 fully saturated rings. The van der Waals surface area contributed by atoms with Crippen molar-refractivity contribution >= 4 is 17.1 Å². The van der Waals surface area contributed by atoms with Gasteiger partial charge in [0.25, 0.3) is 0 Å². The molecule has 0 atom stereocenters. The standard InChI is InChI=1S/C21H49NO4Si2/c1-8-16-23-27(6,24-17-9-2)20-12-14-22(5)15-13-21-28(7,25-18-10-3)26-19-11-4/h8-21H2,1-7H3. The van der Waals surface area contributed by atoms with E-state index in [1.165, 1.54) is 0 Å². The smallest absolute Gasteiger partial charge is 0.334 e. The Morgan fingerprint density at radius 3 is 1.11 bits per heavy atom. The van der Waals surface area contributed by atoms with Crippen molar-refractivity contribution in [1.82, 2.24) is 4.90 Å². The Morgan fingerprint density at radius 2 is 0.857 bits per heavy atom. The van der Waals surface area contributed by atoms with E-state index in [2.05, 4.69) is 52.7 Å².